The van der Waals surface area contributed by atoms with Crippen molar-refractivity contribution in [3.63, 3.8) is 0 Å². The molecule has 0 spiro atoms. The van der Waals surface area contributed by atoms with Crippen LogP contribution in [0.4, 0.5) is 0 Å². The second-order valence-electron chi connectivity index (χ2n) is 3.65. The Morgan fingerprint density at radius 3 is 2.80 bits per heavy atom. The van der Waals surface area contributed by atoms with Gasteiger partial charge in [0, 0.05) is 6.42 Å². The molecule has 2 aliphatic rings. The fourth-order valence-electron chi connectivity index (χ4n) is 1.64. The number of aliphatic hydroxyl groups is 2. The molecule has 2 rings (SSSR count). The van der Waals surface area contributed by atoms with Gasteiger partial charge in [0.2, 0.25) is 6.29 Å². The Labute approximate surface area is 86.7 Å². The van der Waals surface area contributed by atoms with Gasteiger partial charge in [0.15, 0.2) is 12.1 Å². The molecule has 0 aromatic carbocycles. The highest BCUT2D eigenvalue weighted by atomic mass is 16.8. The summed E-state index contributed by atoms with van der Waals surface area (Å²) in [5.74, 6) is -0.199. The van der Waals surface area contributed by atoms with Gasteiger partial charge in [-0.25, -0.2) is 0 Å². The lowest BCUT2D eigenvalue weighted by Crippen LogP contribution is -2.51. The van der Waals surface area contributed by atoms with E-state index >= 15 is 0 Å². The first kappa shape index (κ1) is 11.0. The highest BCUT2D eigenvalue weighted by Gasteiger charge is 2.48. The van der Waals surface area contributed by atoms with E-state index in [4.69, 9.17) is 14.2 Å². The molecular weight excluding hydrogens is 204 g/mol. The van der Waals surface area contributed by atoms with E-state index in [9.17, 15) is 15.0 Å². The average Bonchev–Trinajstić information content (AvgIpc) is 2.67. The molecule has 0 radical (unpaired) electrons. The molecule has 0 aromatic heterocycles. The number of carbonyl (C=O) groups is 1. The lowest BCUT2D eigenvalue weighted by molar-refractivity contribution is -0.211. The first-order chi connectivity index (χ1) is 7.13. The van der Waals surface area contributed by atoms with Crippen LogP contribution in [0.5, 0.6) is 0 Å². The maximum absolute atomic E-state index is 11.3. The van der Waals surface area contributed by atoms with Crippen LogP contribution in [-0.2, 0) is 19.0 Å². The molecule has 2 saturated heterocycles. The molecule has 5 unspecified atom stereocenters. The molecule has 5 atom stereocenters. The number of rotatable bonds is 2. The van der Waals surface area contributed by atoms with Gasteiger partial charge in [0.25, 0.3) is 0 Å². The number of ether oxygens (including phenoxy) is 3. The number of ketones is 1. The van der Waals surface area contributed by atoms with Crippen molar-refractivity contribution in [3.05, 3.63) is 0 Å². The van der Waals surface area contributed by atoms with Gasteiger partial charge in [-0.1, -0.05) is 6.92 Å². The second-order valence-corrected chi connectivity index (χ2v) is 3.65. The molecule has 2 fully saturated rings. The Morgan fingerprint density at radius 1 is 1.40 bits per heavy atom. The molecule has 2 N–H and O–H groups in total. The maximum atomic E-state index is 11.3. The summed E-state index contributed by atoms with van der Waals surface area (Å²) in [7, 11) is 0. The van der Waals surface area contributed by atoms with Gasteiger partial charge >= 0.3 is 0 Å². The lowest BCUT2D eigenvalue weighted by Gasteiger charge is -2.31. The van der Waals surface area contributed by atoms with Gasteiger partial charge in [-0.2, -0.15) is 0 Å². The van der Waals surface area contributed by atoms with E-state index in [2.05, 4.69) is 0 Å². The van der Waals surface area contributed by atoms with Gasteiger partial charge in [0.1, 0.15) is 18.3 Å². The van der Waals surface area contributed by atoms with Crippen molar-refractivity contribution in [1.82, 2.24) is 0 Å². The summed E-state index contributed by atoms with van der Waals surface area (Å²) in [6, 6.07) is 0. The quantitative estimate of drug-likeness (QED) is 0.604. The van der Waals surface area contributed by atoms with Crippen LogP contribution >= 0.6 is 0 Å². The standard InChI is InChI=1S/C9H14O6/c1-2-4(10)8-14-7-6(12)5(11)3-13-9(7)15-8/h5-9,11-12H,2-3H2,1H3. The van der Waals surface area contributed by atoms with E-state index in [0.717, 1.165) is 0 Å². The normalized spacial score (nSPS) is 45.1. The fraction of sp³-hybridized carbons (Fsp3) is 0.889. The Bertz CT molecular complexity index is 255. The van der Waals surface area contributed by atoms with Crippen molar-refractivity contribution in [2.75, 3.05) is 6.61 Å². The molecule has 6 heteroatoms. The van der Waals surface area contributed by atoms with E-state index in [0.29, 0.717) is 6.42 Å². The van der Waals surface area contributed by atoms with Crippen LogP contribution in [0, 0.1) is 0 Å². The Morgan fingerprint density at radius 2 is 2.13 bits per heavy atom. The molecule has 0 aromatic rings. The minimum absolute atomic E-state index is 0.0151. The molecule has 0 bridgehead atoms. The zero-order valence-electron chi connectivity index (χ0n) is 8.33. The van der Waals surface area contributed by atoms with Crippen LogP contribution in [0.15, 0.2) is 0 Å². The van der Waals surface area contributed by atoms with Crippen molar-refractivity contribution in [1.29, 1.82) is 0 Å². The Balaban J connectivity index is 2.03. The highest BCUT2D eigenvalue weighted by Crippen LogP contribution is 2.28. The molecule has 0 saturated carbocycles. The maximum Gasteiger partial charge on any atom is 0.220 e. The van der Waals surface area contributed by atoms with E-state index < -0.39 is 30.9 Å². The fourth-order valence-corrected chi connectivity index (χ4v) is 1.64. The van der Waals surface area contributed by atoms with Gasteiger partial charge in [-0.15, -0.1) is 0 Å². The van der Waals surface area contributed by atoms with Crippen molar-refractivity contribution in [2.24, 2.45) is 0 Å². The highest BCUT2D eigenvalue weighted by molar-refractivity contribution is 5.81. The summed E-state index contributed by atoms with van der Waals surface area (Å²) in [6.45, 7) is 1.68. The van der Waals surface area contributed by atoms with E-state index in [1.807, 2.05) is 0 Å². The van der Waals surface area contributed by atoms with Crippen LogP contribution in [0.1, 0.15) is 13.3 Å². The molecule has 15 heavy (non-hydrogen) atoms. The summed E-state index contributed by atoms with van der Waals surface area (Å²) >= 11 is 0. The first-order valence-electron chi connectivity index (χ1n) is 4.95. The van der Waals surface area contributed by atoms with Crippen molar-refractivity contribution in [3.8, 4) is 0 Å². The molecule has 2 heterocycles. The van der Waals surface area contributed by atoms with Crippen molar-refractivity contribution < 1.29 is 29.2 Å². The van der Waals surface area contributed by atoms with Gasteiger partial charge < -0.3 is 24.4 Å². The molecule has 0 amide bonds. The Kier molecular flexibility index (Phi) is 3.03. The molecular formula is C9H14O6. The van der Waals surface area contributed by atoms with Gasteiger partial charge in [-0.3, -0.25) is 4.79 Å². The largest absolute Gasteiger partial charge is 0.388 e. The third-order valence-corrected chi connectivity index (χ3v) is 2.58. The summed E-state index contributed by atoms with van der Waals surface area (Å²) in [5.41, 5.74) is 0. The molecule has 86 valence electrons. The topological polar surface area (TPSA) is 85.2 Å². The molecule has 6 nitrogen and oxygen atoms in total. The summed E-state index contributed by atoms with van der Waals surface area (Å²) in [6.07, 6.45) is -4.30. The molecule has 2 aliphatic heterocycles. The predicted octanol–water partition coefficient (Wildman–Crippen LogP) is -1.21. The Hall–Kier alpha value is -0.530. The predicted molar refractivity (Wildman–Crippen MR) is 46.8 cm³/mol. The minimum atomic E-state index is -1.07. The van der Waals surface area contributed by atoms with Crippen LogP contribution in [-0.4, -0.2) is 53.5 Å². The minimum Gasteiger partial charge on any atom is -0.388 e. The number of Topliss-reactive ketones (excluding diaryl/α,β-unsaturated/α-hetero) is 1. The van der Waals surface area contributed by atoms with Gasteiger partial charge in [0.05, 0.1) is 6.61 Å². The first-order valence-corrected chi connectivity index (χ1v) is 4.95. The van der Waals surface area contributed by atoms with E-state index in [-0.39, 0.29) is 12.4 Å². The molecule has 0 aliphatic carbocycles. The van der Waals surface area contributed by atoms with Crippen molar-refractivity contribution in [2.45, 2.75) is 44.2 Å². The van der Waals surface area contributed by atoms with Crippen LogP contribution in [0.25, 0.3) is 0 Å². The number of aliphatic hydroxyl groups excluding tert-OH is 2. The lowest BCUT2D eigenvalue weighted by atomic mass is 10.1. The monoisotopic (exact) mass is 218 g/mol. The average molecular weight is 218 g/mol. The third-order valence-electron chi connectivity index (χ3n) is 2.58. The summed E-state index contributed by atoms with van der Waals surface area (Å²) < 4.78 is 15.5. The SMILES string of the molecule is CCC(=O)C1OC2OCC(O)C(O)C2O1. The van der Waals surface area contributed by atoms with Crippen LogP contribution < -0.4 is 0 Å². The number of hydrogen-bond donors (Lipinski definition) is 2. The van der Waals surface area contributed by atoms with Gasteiger partial charge in [-0.05, 0) is 0 Å². The number of fused-ring (bicyclic) bond motifs is 1. The van der Waals surface area contributed by atoms with E-state index in [1.165, 1.54) is 0 Å². The zero-order valence-corrected chi connectivity index (χ0v) is 8.33. The second kappa shape index (κ2) is 4.15. The summed E-state index contributed by atoms with van der Waals surface area (Å²) in [4.78, 5) is 11.3. The van der Waals surface area contributed by atoms with Crippen LogP contribution in [0.3, 0.4) is 0 Å². The number of hydrogen-bond acceptors (Lipinski definition) is 6. The smallest absolute Gasteiger partial charge is 0.220 e. The van der Waals surface area contributed by atoms with Crippen LogP contribution in [0.2, 0.25) is 0 Å². The zero-order chi connectivity index (χ0) is 11.0. The number of carbonyl (C=O) groups excluding carboxylic acids is 1. The summed E-state index contributed by atoms with van der Waals surface area (Å²) in [5, 5.41) is 18.9. The van der Waals surface area contributed by atoms with E-state index in [1.54, 1.807) is 6.92 Å². The van der Waals surface area contributed by atoms with Crippen molar-refractivity contribution >= 4 is 5.78 Å². The third kappa shape index (κ3) is 1.91.